The maximum Gasteiger partial charge on any atom is 0.261 e. The fourth-order valence-electron chi connectivity index (χ4n) is 2.65. The number of rotatable bonds is 7. The van der Waals surface area contributed by atoms with Crippen molar-refractivity contribution in [1.29, 1.82) is 0 Å². The minimum atomic E-state index is -3.73. The maximum absolute atomic E-state index is 12.5. The van der Waals surface area contributed by atoms with Crippen LogP contribution in [0.25, 0.3) is 0 Å². The number of nitrogens with two attached hydrogens (primary N) is 1. The first kappa shape index (κ1) is 19.0. The Labute approximate surface area is 157 Å². The van der Waals surface area contributed by atoms with Crippen LogP contribution in [-0.2, 0) is 19.6 Å². The monoisotopic (exact) mass is 391 g/mol. The van der Waals surface area contributed by atoms with Gasteiger partial charge in [-0.25, -0.2) is 8.42 Å². The third kappa shape index (κ3) is 5.11. The van der Waals surface area contributed by atoms with Gasteiger partial charge in [0.1, 0.15) is 5.75 Å². The third-order valence-electron chi connectivity index (χ3n) is 4.01. The second-order valence-electron chi connectivity index (χ2n) is 5.98. The second-order valence-corrected chi connectivity index (χ2v) is 7.66. The van der Waals surface area contributed by atoms with Crippen LogP contribution in [0.5, 0.6) is 5.75 Å². The molecule has 3 rings (SSSR count). The lowest BCUT2D eigenvalue weighted by atomic mass is 10.2. The number of ether oxygens (including phenoxy) is 2. The van der Waals surface area contributed by atoms with Crippen LogP contribution in [-0.4, -0.2) is 47.2 Å². The molecule has 1 amide bonds. The number of morpholine rings is 1. The number of hydrogen-bond donors (Lipinski definition) is 2. The number of hydrogen-bond acceptors (Lipinski definition) is 6. The van der Waals surface area contributed by atoms with Crippen molar-refractivity contribution >= 4 is 27.3 Å². The molecule has 1 aliphatic heterocycles. The number of nitrogens with one attached hydrogen (secondary N) is 1. The molecule has 0 bridgehead atoms. The van der Waals surface area contributed by atoms with E-state index in [0.29, 0.717) is 24.7 Å². The van der Waals surface area contributed by atoms with Gasteiger partial charge in [-0.05, 0) is 48.5 Å². The predicted octanol–water partition coefficient (Wildman–Crippen LogP) is 1.19. The molecular formula is C18H21N3O5S. The summed E-state index contributed by atoms with van der Waals surface area (Å²) in [4.78, 5) is 13.0. The minimum Gasteiger partial charge on any atom is -0.484 e. The predicted molar refractivity (Wildman–Crippen MR) is 101 cm³/mol. The first-order chi connectivity index (χ1) is 12.9. The maximum atomic E-state index is 12.5. The lowest BCUT2D eigenvalue weighted by molar-refractivity contribution is -0.119. The van der Waals surface area contributed by atoms with Crippen molar-refractivity contribution in [3.63, 3.8) is 0 Å². The van der Waals surface area contributed by atoms with E-state index >= 15 is 0 Å². The van der Waals surface area contributed by atoms with Gasteiger partial charge >= 0.3 is 0 Å². The summed E-state index contributed by atoms with van der Waals surface area (Å²) in [5, 5.41) is 0. The van der Waals surface area contributed by atoms with Crippen LogP contribution < -0.4 is 20.1 Å². The molecule has 0 unspecified atom stereocenters. The van der Waals surface area contributed by atoms with E-state index in [1.54, 1.807) is 12.1 Å². The number of sulfonamides is 1. The van der Waals surface area contributed by atoms with Gasteiger partial charge in [-0.15, -0.1) is 0 Å². The van der Waals surface area contributed by atoms with E-state index in [1.165, 1.54) is 24.3 Å². The molecule has 0 radical (unpaired) electrons. The summed E-state index contributed by atoms with van der Waals surface area (Å²) in [5.41, 5.74) is 6.50. The Balaban J connectivity index is 1.65. The summed E-state index contributed by atoms with van der Waals surface area (Å²) < 4.78 is 38.0. The van der Waals surface area contributed by atoms with Gasteiger partial charge in [0, 0.05) is 24.5 Å². The highest BCUT2D eigenvalue weighted by atomic mass is 32.2. The van der Waals surface area contributed by atoms with Crippen molar-refractivity contribution < 1.29 is 22.7 Å². The average molecular weight is 391 g/mol. The quantitative estimate of drug-likeness (QED) is 0.733. The molecule has 144 valence electrons. The molecule has 0 aliphatic carbocycles. The zero-order valence-electron chi connectivity index (χ0n) is 14.6. The SMILES string of the molecule is NC(=O)COc1ccc(S(=O)(=O)Nc2ccc(N3CCOCC3)cc2)cc1. The van der Waals surface area contributed by atoms with Gasteiger partial charge in [0.05, 0.1) is 18.1 Å². The summed E-state index contributed by atoms with van der Waals surface area (Å²) in [6, 6.07) is 13.0. The molecule has 9 heteroatoms. The summed E-state index contributed by atoms with van der Waals surface area (Å²) in [6.45, 7) is 2.74. The molecule has 0 aromatic heterocycles. The van der Waals surface area contributed by atoms with E-state index in [2.05, 4.69) is 9.62 Å². The average Bonchev–Trinajstić information content (AvgIpc) is 2.68. The van der Waals surface area contributed by atoms with E-state index in [-0.39, 0.29) is 11.5 Å². The molecular weight excluding hydrogens is 370 g/mol. The molecule has 1 heterocycles. The number of benzene rings is 2. The summed E-state index contributed by atoms with van der Waals surface area (Å²) >= 11 is 0. The van der Waals surface area contributed by atoms with Crippen molar-refractivity contribution in [2.45, 2.75) is 4.90 Å². The van der Waals surface area contributed by atoms with Gasteiger partial charge in [0.2, 0.25) is 0 Å². The van der Waals surface area contributed by atoms with Crippen LogP contribution >= 0.6 is 0 Å². The van der Waals surface area contributed by atoms with Crippen LogP contribution in [0.15, 0.2) is 53.4 Å². The zero-order chi connectivity index (χ0) is 19.3. The molecule has 3 N–H and O–H groups in total. The van der Waals surface area contributed by atoms with Gasteiger partial charge < -0.3 is 20.1 Å². The molecule has 0 spiro atoms. The Morgan fingerprint density at radius 1 is 1.07 bits per heavy atom. The van der Waals surface area contributed by atoms with Crippen molar-refractivity contribution in [1.82, 2.24) is 0 Å². The third-order valence-corrected chi connectivity index (χ3v) is 5.41. The lowest BCUT2D eigenvalue weighted by Crippen LogP contribution is -2.36. The molecule has 2 aromatic rings. The highest BCUT2D eigenvalue weighted by molar-refractivity contribution is 7.92. The van der Waals surface area contributed by atoms with Crippen molar-refractivity contribution in [2.24, 2.45) is 5.73 Å². The molecule has 1 fully saturated rings. The van der Waals surface area contributed by atoms with E-state index in [9.17, 15) is 13.2 Å². The van der Waals surface area contributed by atoms with Crippen LogP contribution in [0.1, 0.15) is 0 Å². The Hall–Kier alpha value is -2.78. The van der Waals surface area contributed by atoms with Gasteiger partial charge in [-0.2, -0.15) is 0 Å². The Kier molecular flexibility index (Phi) is 5.82. The van der Waals surface area contributed by atoms with Gasteiger partial charge in [0.25, 0.3) is 15.9 Å². The highest BCUT2D eigenvalue weighted by Crippen LogP contribution is 2.22. The standard InChI is InChI=1S/C18H21N3O5S/c19-18(22)13-26-16-5-7-17(8-6-16)27(23,24)20-14-1-3-15(4-2-14)21-9-11-25-12-10-21/h1-8,20H,9-13H2,(H2,19,22). The van der Waals surface area contributed by atoms with Gasteiger partial charge in [0.15, 0.2) is 6.61 Å². The molecule has 2 aromatic carbocycles. The van der Waals surface area contributed by atoms with E-state index < -0.39 is 15.9 Å². The fourth-order valence-corrected chi connectivity index (χ4v) is 3.70. The first-order valence-corrected chi connectivity index (χ1v) is 9.89. The van der Waals surface area contributed by atoms with Gasteiger partial charge in [-0.3, -0.25) is 9.52 Å². The molecule has 0 atom stereocenters. The highest BCUT2D eigenvalue weighted by Gasteiger charge is 2.15. The fraction of sp³-hybridized carbons (Fsp3) is 0.278. The number of amides is 1. The van der Waals surface area contributed by atoms with E-state index in [4.69, 9.17) is 15.2 Å². The van der Waals surface area contributed by atoms with Crippen LogP contribution in [0.2, 0.25) is 0 Å². The number of primary amides is 1. The number of carbonyl (C=O) groups excluding carboxylic acids is 1. The Morgan fingerprint density at radius 2 is 1.70 bits per heavy atom. The largest absolute Gasteiger partial charge is 0.484 e. The lowest BCUT2D eigenvalue weighted by Gasteiger charge is -2.28. The van der Waals surface area contributed by atoms with Crippen LogP contribution in [0.4, 0.5) is 11.4 Å². The van der Waals surface area contributed by atoms with Crippen molar-refractivity contribution in [3.05, 3.63) is 48.5 Å². The molecule has 27 heavy (non-hydrogen) atoms. The Morgan fingerprint density at radius 3 is 2.30 bits per heavy atom. The molecule has 0 saturated carbocycles. The van der Waals surface area contributed by atoms with Crippen LogP contribution in [0.3, 0.4) is 0 Å². The van der Waals surface area contributed by atoms with Crippen molar-refractivity contribution in [2.75, 3.05) is 42.5 Å². The number of anilines is 2. The summed E-state index contributed by atoms with van der Waals surface area (Å²) in [7, 11) is -3.73. The van der Waals surface area contributed by atoms with E-state index in [1.807, 2.05) is 12.1 Å². The smallest absolute Gasteiger partial charge is 0.261 e. The topological polar surface area (TPSA) is 111 Å². The molecule has 1 aliphatic rings. The van der Waals surface area contributed by atoms with Crippen LogP contribution in [0, 0.1) is 0 Å². The molecule has 1 saturated heterocycles. The summed E-state index contributed by atoms with van der Waals surface area (Å²) in [5.74, 6) is -0.239. The Bertz CT molecular complexity index is 876. The normalized spacial score (nSPS) is 14.6. The van der Waals surface area contributed by atoms with E-state index in [0.717, 1.165) is 18.8 Å². The minimum absolute atomic E-state index is 0.0891. The zero-order valence-corrected chi connectivity index (χ0v) is 15.4. The van der Waals surface area contributed by atoms with Crippen molar-refractivity contribution in [3.8, 4) is 5.75 Å². The molecule has 8 nitrogen and oxygen atoms in total. The number of nitrogens with zero attached hydrogens (tertiary/aromatic N) is 1. The first-order valence-electron chi connectivity index (χ1n) is 8.41. The number of carbonyl (C=O) groups is 1. The summed E-state index contributed by atoms with van der Waals surface area (Å²) in [6.07, 6.45) is 0. The second kappa shape index (κ2) is 8.28. The van der Waals surface area contributed by atoms with Gasteiger partial charge in [-0.1, -0.05) is 0 Å².